The van der Waals surface area contributed by atoms with Gasteiger partial charge in [-0.3, -0.25) is 4.79 Å². The highest BCUT2D eigenvalue weighted by molar-refractivity contribution is 5.70. The summed E-state index contributed by atoms with van der Waals surface area (Å²) in [5.41, 5.74) is 2.81. The van der Waals surface area contributed by atoms with Crippen molar-refractivity contribution in [2.24, 2.45) is 0 Å². The predicted octanol–water partition coefficient (Wildman–Crippen LogP) is 2.33. The number of carboxylic acids is 1. The summed E-state index contributed by atoms with van der Waals surface area (Å²) < 4.78 is 5.48. The average molecular weight is 208 g/mol. The third-order valence-corrected chi connectivity index (χ3v) is 2.16. The maximum absolute atomic E-state index is 10.6. The number of ether oxygens (including phenoxy) is 1. The third-order valence-electron chi connectivity index (χ3n) is 2.16. The molecule has 0 heterocycles. The van der Waals surface area contributed by atoms with Crippen molar-refractivity contribution in [1.82, 2.24) is 0 Å². The molecule has 0 saturated carbocycles. The van der Waals surface area contributed by atoms with Crippen LogP contribution in [0.15, 0.2) is 12.1 Å². The Morgan fingerprint density at radius 1 is 1.33 bits per heavy atom. The van der Waals surface area contributed by atoms with Gasteiger partial charge in [-0.15, -0.1) is 0 Å². The summed E-state index contributed by atoms with van der Waals surface area (Å²) >= 11 is 0. The molecule has 3 heteroatoms. The molecule has 1 aromatic carbocycles. The minimum absolute atomic E-state index is 0.0636. The van der Waals surface area contributed by atoms with Crippen LogP contribution in [-0.2, 0) is 11.2 Å². The van der Waals surface area contributed by atoms with Gasteiger partial charge in [-0.25, -0.2) is 0 Å². The highest BCUT2D eigenvalue weighted by atomic mass is 16.5. The summed E-state index contributed by atoms with van der Waals surface area (Å²) in [7, 11) is 0. The Bertz CT molecular complexity index is 346. The molecule has 0 radical (unpaired) electrons. The number of aryl methyl sites for hydroxylation is 2. The van der Waals surface area contributed by atoms with E-state index in [1.54, 1.807) is 0 Å². The molecule has 3 nitrogen and oxygen atoms in total. The van der Waals surface area contributed by atoms with Gasteiger partial charge in [0.25, 0.3) is 0 Å². The largest absolute Gasteiger partial charge is 0.493 e. The topological polar surface area (TPSA) is 46.5 Å². The molecule has 0 aliphatic carbocycles. The molecule has 0 aromatic heterocycles. The molecular weight excluding hydrogens is 192 g/mol. The van der Waals surface area contributed by atoms with Gasteiger partial charge in [0.1, 0.15) is 5.75 Å². The van der Waals surface area contributed by atoms with E-state index < -0.39 is 5.97 Å². The SMILES string of the molecule is CCOc1c(C)cc(CC(=O)O)cc1C. The molecule has 0 saturated heterocycles. The molecule has 15 heavy (non-hydrogen) atoms. The Hall–Kier alpha value is -1.51. The van der Waals surface area contributed by atoms with Gasteiger partial charge < -0.3 is 9.84 Å². The number of aliphatic carboxylic acids is 1. The number of carbonyl (C=O) groups is 1. The van der Waals surface area contributed by atoms with Crippen LogP contribution in [0.3, 0.4) is 0 Å². The van der Waals surface area contributed by atoms with E-state index in [0.29, 0.717) is 6.61 Å². The molecular formula is C12H16O3. The zero-order valence-electron chi connectivity index (χ0n) is 9.33. The Balaban J connectivity index is 3.02. The molecule has 1 rings (SSSR count). The van der Waals surface area contributed by atoms with Gasteiger partial charge in [0.05, 0.1) is 13.0 Å². The first kappa shape index (κ1) is 11.6. The zero-order chi connectivity index (χ0) is 11.4. The summed E-state index contributed by atoms with van der Waals surface area (Å²) in [6.45, 7) is 6.43. The zero-order valence-corrected chi connectivity index (χ0v) is 9.33. The second-order valence-corrected chi connectivity index (χ2v) is 3.56. The molecule has 0 atom stereocenters. The standard InChI is InChI=1S/C12H16O3/c1-4-15-12-8(2)5-10(6-9(12)3)7-11(13)14/h5-6H,4,7H2,1-3H3,(H,13,14). The van der Waals surface area contributed by atoms with E-state index in [1.807, 2.05) is 32.9 Å². The van der Waals surface area contributed by atoms with E-state index in [4.69, 9.17) is 9.84 Å². The van der Waals surface area contributed by atoms with Crippen LogP contribution in [0.5, 0.6) is 5.75 Å². The molecule has 82 valence electrons. The van der Waals surface area contributed by atoms with Crippen molar-refractivity contribution in [3.63, 3.8) is 0 Å². The van der Waals surface area contributed by atoms with Crippen LogP contribution in [0, 0.1) is 13.8 Å². The van der Waals surface area contributed by atoms with Crippen molar-refractivity contribution >= 4 is 5.97 Å². The highest BCUT2D eigenvalue weighted by Crippen LogP contribution is 2.24. The van der Waals surface area contributed by atoms with E-state index in [0.717, 1.165) is 22.4 Å². The molecule has 1 N–H and O–H groups in total. The van der Waals surface area contributed by atoms with Crippen LogP contribution in [0.1, 0.15) is 23.6 Å². The number of hydrogen-bond donors (Lipinski definition) is 1. The molecule has 0 aliphatic rings. The summed E-state index contributed by atoms with van der Waals surface area (Å²) in [5.74, 6) is 0.0598. The van der Waals surface area contributed by atoms with Crippen LogP contribution in [0.4, 0.5) is 0 Å². The first-order valence-corrected chi connectivity index (χ1v) is 4.99. The quantitative estimate of drug-likeness (QED) is 0.826. The van der Waals surface area contributed by atoms with Crippen LogP contribution >= 0.6 is 0 Å². The smallest absolute Gasteiger partial charge is 0.307 e. The summed E-state index contributed by atoms with van der Waals surface area (Å²) in [6.07, 6.45) is 0.0636. The van der Waals surface area contributed by atoms with Crippen molar-refractivity contribution in [1.29, 1.82) is 0 Å². The average Bonchev–Trinajstić information content (AvgIpc) is 2.10. The molecule has 0 aliphatic heterocycles. The maximum Gasteiger partial charge on any atom is 0.307 e. The van der Waals surface area contributed by atoms with Gasteiger partial charge in [-0.05, 0) is 37.5 Å². The van der Waals surface area contributed by atoms with Crippen molar-refractivity contribution in [3.05, 3.63) is 28.8 Å². The van der Waals surface area contributed by atoms with Crippen LogP contribution in [0.2, 0.25) is 0 Å². The lowest BCUT2D eigenvalue weighted by Crippen LogP contribution is -2.03. The Kier molecular flexibility index (Phi) is 3.72. The monoisotopic (exact) mass is 208 g/mol. The van der Waals surface area contributed by atoms with Gasteiger partial charge in [-0.1, -0.05) is 12.1 Å². The summed E-state index contributed by atoms with van der Waals surface area (Å²) in [4.78, 5) is 10.6. The maximum atomic E-state index is 10.6. The highest BCUT2D eigenvalue weighted by Gasteiger charge is 2.07. The van der Waals surface area contributed by atoms with Gasteiger partial charge in [0.15, 0.2) is 0 Å². The summed E-state index contributed by atoms with van der Waals surface area (Å²) in [6, 6.07) is 3.73. The second kappa shape index (κ2) is 4.82. The van der Waals surface area contributed by atoms with Gasteiger partial charge in [0.2, 0.25) is 0 Å². The number of benzene rings is 1. The molecule has 0 unspecified atom stereocenters. The van der Waals surface area contributed by atoms with Crippen LogP contribution in [0.25, 0.3) is 0 Å². The fourth-order valence-electron chi connectivity index (χ4n) is 1.69. The fourth-order valence-corrected chi connectivity index (χ4v) is 1.69. The molecule has 0 bridgehead atoms. The molecule has 1 aromatic rings. The van der Waals surface area contributed by atoms with Crippen molar-refractivity contribution in [2.45, 2.75) is 27.2 Å². The van der Waals surface area contributed by atoms with Gasteiger partial charge in [0, 0.05) is 0 Å². The van der Waals surface area contributed by atoms with E-state index in [-0.39, 0.29) is 6.42 Å². The molecule has 0 amide bonds. The van der Waals surface area contributed by atoms with E-state index in [1.165, 1.54) is 0 Å². The Morgan fingerprint density at radius 2 is 1.87 bits per heavy atom. The minimum atomic E-state index is -0.807. The number of hydrogen-bond acceptors (Lipinski definition) is 2. The lowest BCUT2D eigenvalue weighted by molar-refractivity contribution is -0.136. The lowest BCUT2D eigenvalue weighted by Gasteiger charge is -2.12. The number of rotatable bonds is 4. The molecule has 0 spiro atoms. The Labute approximate surface area is 89.7 Å². The lowest BCUT2D eigenvalue weighted by atomic mass is 10.0. The van der Waals surface area contributed by atoms with Crippen LogP contribution in [-0.4, -0.2) is 17.7 Å². The van der Waals surface area contributed by atoms with E-state index >= 15 is 0 Å². The predicted molar refractivity (Wildman–Crippen MR) is 58.4 cm³/mol. The van der Waals surface area contributed by atoms with E-state index in [9.17, 15) is 4.79 Å². The van der Waals surface area contributed by atoms with E-state index in [2.05, 4.69) is 0 Å². The second-order valence-electron chi connectivity index (χ2n) is 3.56. The first-order valence-electron chi connectivity index (χ1n) is 4.99. The van der Waals surface area contributed by atoms with Crippen molar-refractivity contribution in [2.75, 3.05) is 6.61 Å². The fraction of sp³-hybridized carbons (Fsp3) is 0.417. The molecule has 0 fully saturated rings. The first-order chi connectivity index (χ1) is 7.04. The van der Waals surface area contributed by atoms with Crippen molar-refractivity contribution < 1.29 is 14.6 Å². The van der Waals surface area contributed by atoms with Gasteiger partial charge in [-0.2, -0.15) is 0 Å². The van der Waals surface area contributed by atoms with Gasteiger partial charge >= 0.3 is 5.97 Å². The normalized spacial score (nSPS) is 10.1. The van der Waals surface area contributed by atoms with Crippen LogP contribution < -0.4 is 4.74 Å². The summed E-state index contributed by atoms with van der Waals surface area (Å²) in [5, 5.41) is 8.69. The van der Waals surface area contributed by atoms with Crippen molar-refractivity contribution in [3.8, 4) is 5.75 Å². The minimum Gasteiger partial charge on any atom is -0.493 e. The number of carboxylic acid groups (broad SMARTS) is 1. The third kappa shape index (κ3) is 2.98. The Morgan fingerprint density at radius 3 is 2.27 bits per heavy atom.